The van der Waals surface area contributed by atoms with Crippen LogP contribution in [0.5, 0.6) is 0 Å². The van der Waals surface area contributed by atoms with E-state index in [1.807, 2.05) is 0 Å². The second-order valence-electron chi connectivity index (χ2n) is 4.40. The number of carboxylic acids is 1. The summed E-state index contributed by atoms with van der Waals surface area (Å²) in [5.74, 6) is -1.25. The average molecular weight is 366 g/mol. The van der Waals surface area contributed by atoms with E-state index in [4.69, 9.17) is 5.11 Å². The van der Waals surface area contributed by atoms with E-state index in [2.05, 4.69) is 15.9 Å². The van der Waals surface area contributed by atoms with Crippen LogP contribution in [0.4, 0.5) is 0 Å². The van der Waals surface area contributed by atoms with Crippen LogP contribution in [0.3, 0.4) is 0 Å². The monoisotopic (exact) mass is 365 g/mol. The first-order chi connectivity index (χ1) is 9.23. The van der Waals surface area contributed by atoms with Gasteiger partial charge in [-0.15, -0.1) is 0 Å². The second-order valence-corrected chi connectivity index (χ2v) is 7.20. The van der Waals surface area contributed by atoms with Gasteiger partial charge in [-0.3, -0.25) is 0 Å². The first kappa shape index (κ1) is 15.4. The summed E-state index contributed by atoms with van der Waals surface area (Å²) in [6.07, 6.45) is -2.28. The number of hydrogen-bond donors (Lipinski definition) is 3. The molecule has 0 bridgehead atoms. The van der Waals surface area contributed by atoms with E-state index >= 15 is 0 Å². The quantitative estimate of drug-likeness (QED) is 0.687. The van der Waals surface area contributed by atoms with Crippen molar-refractivity contribution in [1.82, 2.24) is 4.31 Å². The van der Waals surface area contributed by atoms with Gasteiger partial charge in [-0.05, 0) is 34.1 Å². The van der Waals surface area contributed by atoms with Crippen molar-refractivity contribution in [3.05, 3.63) is 28.2 Å². The molecule has 2 unspecified atom stereocenters. The molecule has 2 atom stereocenters. The Hall–Kier alpha value is -1.00. The SMILES string of the molecule is O=C(O)c1cc(S(=O)(=O)N2CC(O)C(O)C2)ccc1Br. The minimum Gasteiger partial charge on any atom is -0.478 e. The molecule has 7 nitrogen and oxygen atoms in total. The van der Waals surface area contributed by atoms with Crippen molar-refractivity contribution in [3.8, 4) is 0 Å². The van der Waals surface area contributed by atoms with Crippen LogP contribution < -0.4 is 0 Å². The van der Waals surface area contributed by atoms with Gasteiger partial charge in [0.1, 0.15) is 0 Å². The Balaban J connectivity index is 2.40. The summed E-state index contributed by atoms with van der Waals surface area (Å²) >= 11 is 3.03. The molecule has 0 amide bonds. The standard InChI is InChI=1S/C11H12BrNO6S/c12-8-2-1-6(3-7(8)11(16)17)20(18,19)13-4-9(14)10(15)5-13/h1-3,9-10,14-15H,4-5H2,(H,16,17). The summed E-state index contributed by atoms with van der Waals surface area (Å²) in [4.78, 5) is 10.8. The Morgan fingerprint density at radius 2 is 1.80 bits per heavy atom. The zero-order valence-electron chi connectivity index (χ0n) is 10.1. The van der Waals surface area contributed by atoms with E-state index in [-0.39, 0.29) is 28.0 Å². The fraction of sp³-hybridized carbons (Fsp3) is 0.364. The van der Waals surface area contributed by atoms with Gasteiger partial charge in [0.25, 0.3) is 0 Å². The molecule has 2 rings (SSSR count). The van der Waals surface area contributed by atoms with Gasteiger partial charge in [0.15, 0.2) is 0 Å². The third kappa shape index (κ3) is 2.72. The van der Waals surface area contributed by atoms with Crippen LogP contribution in [0.25, 0.3) is 0 Å². The smallest absolute Gasteiger partial charge is 0.336 e. The number of carboxylic acid groups (broad SMARTS) is 1. The van der Waals surface area contributed by atoms with Crippen molar-refractivity contribution in [2.45, 2.75) is 17.1 Å². The van der Waals surface area contributed by atoms with Gasteiger partial charge in [0.2, 0.25) is 10.0 Å². The molecule has 1 fully saturated rings. The zero-order chi connectivity index (χ0) is 15.1. The molecule has 1 aromatic rings. The number of β-amino-alcohol motifs (C(OH)–C–C–N with tert-alkyl or cyclic N) is 2. The van der Waals surface area contributed by atoms with E-state index in [0.717, 1.165) is 10.4 Å². The normalized spacial score (nSPS) is 23.9. The number of aliphatic hydroxyl groups is 2. The number of aromatic carboxylic acids is 1. The maximum atomic E-state index is 12.3. The number of rotatable bonds is 3. The van der Waals surface area contributed by atoms with E-state index in [1.165, 1.54) is 12.1 Å². The van der Waals surface area contributed by atoms with Crippen LogP contribution in [-0.4, -0.2) is 59.3 Å². The Kier molecular flexibility index (Phi) is 4.17. The highest BCUT2D eigenvalue weighted by Crippen LogP contribution is 2.25. The summed E-state index contributed by atoms with van der Waals surface area (Å²) in [5.41, 5.74) is -0.175. The van der Waals surface area contributed by atoms with Crippen LogP contribution in [0.1, 0.15) is 10.4 Å². The summed E-state index contributed by atoms with van der Waals surface area (Å²) in [6, 6.07) is 3.64. The molecule has 1 aliphatic heterocycles. The van der Waals surface area contributed by atoms with Gasteiger partial charge in [-0.1, -0.05) is 0 Å². The molecule has 0 saturated carbocycles. The van der Waals surface area contributed by atoms with E-state index < -0.39 is 28.2 Å². The van der Waals surface area contributed by atoms with Crippen molar-refractivity contribution >= 4 is 31.9 Å². The highest BCUT2D eigenvalue weighted by atomic mass is 79.9. The number of sulfonamides is 1. The summed E-state index contributed by atoms with van der Waals surface area (Å²) in [7, 11) is -3.95. The lowest BCUT2D eigenvalue weighted by Crippen LogP contribution is -2.30. The number of aliphatic hydroxyl groups excluding tert-OH is 2. The van der Waals surface area contributed by atoms with Crippen molar-refractivity contribution in [3.63, 3.8) is 0 Å². The third-order valence-corrected chi connectivity index (χ3v) is 5.55. The molecular formula is C11H12BrNO6S. The lowest BCUT2D eigenvalue weighted by Gasteiger charge is -2.16. The lowest BCUT2D eigenvalue weighted by molar-refractivity contribution is 0.0572. The van der Waals surface area contributed by atoms with Crippen molar-refractivity contribution < 1.29 is 28.5 Å². The molecule has 1 aliphatic rings. The summed E-state index contributed by atoms with van der Waals surface area (Å²) in [5, 5.41) is 27.8. The van der Waals surface area contributed by atoms with Crippen LogP contribution >= 0.6 is 15.9 Å². The fourth-order valence-electron chi connectivity index (χ4n) is 1.91. The molecule has 20 heavy (non-hydrogen) atoms. The molecular weight excluding hydrogens is 354 g/mol. The zero-order valence-corrected chi connectivity index (χ0v) is 12.5. The van der Waals surface area contributed by atoms with E-state index in [0.29, 0.717) is 0 Å². The number of hydrogen-bond acceptors (Lipinski definition) is 5. The number of benzene rings is 1. The van der Waals surface area contributed by atoms with Gasteiger partial charge in [-0.25, -0.2) is 13.2 Å². The van der Waals surface area contributed by atoms with Crippen molar-refractivity contribution in [1.29, 1.82) is 0 Å². The largest absolute Gasteiger partial charge is 0.478 e. The van der Waals surface area contributed by atoms with Crippen molar-refractivity contribution in [2.75, 3.05) is 13.1 Å². The Labute approximate surface area is 123 Å². The molecule has 3 N–H and O–H groups in total. The van der Waals surface area contributed by atoms with Gasteiger partial charge in [0.05, 0.1) is 22.7 Å². The van der Waals surface area contributed by atoms with E-state index in [1.54, 1.807) is 0 Å². The molecule has 110 valence electrons. The second kappa shape index (κ2) is 5.41. The third-order valence-electron chi connectivity index (χ3n) is 3.03. The number of nitrogens with zero attached hydrogens (tertiary/aromatic N) is 1. The molecule has 1 heterocycles. The lowest BCUT2D eigenvalue weighted by atomic mass is 10.2. The van der Waals surface area contributed by atoms with Gasteiger partial charge >= 0.3 is 5.97 Å². The van der Waals surface area contributed by atoms with Crippen molar-refractivity contribution in [2.24, 2.45) is 0 Å². The first-order valence-corrected chi connectivity index (χ1v) is 7.86. The topological polar surface area (TPSA) is 115 Å². The summed E-state index contributed by atoms with van der Waals surface area (Å²) < 4.78 is 25.8. The molecule has 9 heteroatoms. The van der Waals surface area contributed by atoms with Crippen LogP contribution in [0.2, 0.25) is 0 Å². The highest BCUT2D eigenvalue weighted by Gasteiger charge is 2.37. The van der Waals surface area contributed by atoms with Crippen LogP contribution in [0, 0.1) is 0 Å². The molecule has 0 radical (unpaired) electrons. The van der Waals surface area contributed by atoms with Crippen LogP contribution in [-0.2, 0) is 10.0 Å². The fourth-order valence-corrected chi connectivity index (χ4v) is 3.83. The molecule has 1 saturated heterocycles. The molecule has 0 aliphatic carbocycles. The summed E-state index contributed by atoms with van der Waals surface area (Å²) in [6.45, 7) is -0.441. The van der Waals surface area contributed by atoms with Gasteiger partial charge < -0.3 is 15.3 Å². The molecule has 0 spiro atoms. The van der Waals surface area contributed by atoms with E-state index in [9.17, 15) is 23.4 Å². The first-order valence-electron chi connectivity index (χ1n) is 5.62. The molecule has 1 aromatic carbocycles. The predicted molar refractivity (Wildman–Crippen MR) is 71.9 cm³/mol. The Morgan fingerprint density at radius 3 is 2.30 bits per heavy atom. The Morgan fingerprint density at radius 1 is 1.25 bits per heavy atom. The maximum Gasteiger partial charge on any atom is 0.336 e. The number of halogens is 1. The maximum absolute atomic E-state index is 12.3. The predicted octanol–water partition coefficient (Wildman–Crippen LogP) is -0.127. The minimum atomic E-state index is -3.95. The van der Waals surface area contributed by atoms with Crippen LogP contribution in [0.15, 0.2) is 27.6 Å². The average Bonchev–Trinajstić information content (AvgIpc) is 2.70. The highest BCUT2D eigenvalue weighted by molar-refractivity contribution is 9.10. The minimum absolute atomic E-state index is 0.175. The van der Waals surface area contributed by atoms with Gasteiger partial charge in [0, 0.05) is 17.6 Å². The van der Waals surface area contributed by atoms with Gasteiger partial charge in [-0.2, -0.15) is 4.31 Å². The molecule has 0 aromatic heterocycles. The Bertz CT molecular complexity index is 636. The number of carbonyl (C=O) groups is 1.